The molecule has 0 bridgehead atoms. The third-order valence-electron chi connectivity index (χ3n) is 10.4. The molecule has 320 valence electrons. The van der Waals surface area contributed by atoms with Gasteiger partial charge in [0.1, 0.15) is 13.3 Å². The van der Waals surface area contributed by atoms with Crippen molar-refractivity contribution in [3.8, 4) is 6.26 Å². The van der Waals surface area contributed by atoms with Crippen molar-refractivity contribution in [3.05, 3.63) is 31.5 Å². The molecule has 0 fully saturated rings. The zero-order chi connectivity index (χ0) is 41.1. The highest BCUT2D eigenvalue weighted by Gasteiger charge is 2.17. The molecule has 0 atom stereocenters. The van der Waals surface area contributed by atoms with Crippen molar-refractivity contribution in [2.75, 3.05) is 46.9 Å². The molecule has 0 unspecified atom stereocenters. The number of hydrogen-bond acceptors (Lipinski definition) is 9. The van der Waals surface area contributed by atoms with Crippen molar-refractivity contribution in [2.24, 2.45) is 4.99 Å². The number of nitriles is 1. The quantitative estimate of drug-likeness (QED) is 0.0237. The van der Waals surface area contributed by atoms with Crippen LogP contribution in [0.15, 0.2) is 19.4 Å². The Balaban J connectivity index is 2.45. The first-order chi connectivity index (χ1) is 27.2. The summed E-state index contributed by atoms with van der Waals surface area (Å²) < 4.78 is 13.9. The maximum Gasteiger partial charge on any atom is 0.408 e. The van der Waals surface area contributed by atoms with Crippen LogP contribution in [-0.2, 0) is 34.0 Å². The molecule has 1 rings (SSSR count). The van der Waals surface area contributed by atoms with E-state index >= 15 is 0 Å². The van der Waals surface area contributed by atoms with Crippen LogP contribution in [0.5, 0.6) is 0 Å². The zero-order valence-electron chi connectivity index (χ0n) is 35.4. The average Bonchev–Trinajstić information content (AvgIpc) is 3.17. The lowest BCUT2D eigenvalue weighted by atomic mass is 10.0. The summed E-state index contributed by atoms with van der Waals surface area (Å²) in [7, 11) is 4.40. The molecule has 0 saturated heterocycles. The van der Waals surface area contributed by atoms with E-state index in [1.165, 1.54) is 109 Å². The van der Waals surface area contributed by atoms with Gasteiger partial charge in [-0.2, -0.15) is 5.26 Å². The molecule has 0 spiro atoms. The molecular formula is C42H76N7O7+. The van der Waals surface area contributed by atoms with Gasteiger partial charge in [-0.3, -0.25) is 0 Å². The van der Waals surface area contributed by atoms with Crippen molar-refractivity contribution >= 4 is 12.2 Å². The molecule has 1 N–H and O–H groups in total. The van der Waals surface area contributed by atoms with E-state index in [1.807, 2.05) is 0 Å². The largest absolute Gasteiger partial charge is 0.449 e. The predicted octanol–water partition coefficient (Wildman–Crippen LogP) is 7.54. The molecule has 14 heteroatoms. The van der Waals surface area contributed by atoms with Crippen LogP contribution in [0.25, 0.3) is 0 Å². The number of isocyanates is 1. The van der Waals surface area contributed by atoms with Gasteiger partial charge in [0.15, 0.2) is 0 Å². The summed E-state index contributed by atoms with van der Waals surface area (Å²) in [5.41, 5.74) is -2.26. The van der Waals surface area contributed by atoms with Crippen LogP contribution in [0.4, 0.5) is 4.79 Å². The molecule has 0 saturated carbocycles. The van der Waals surface area contributed by atoms with Crippen LogP contribution < -0.4 is 22.4 Å². The third kappa shape index (κ3) is 24.7. The van der Waals surface area contributed by atoms with Crippen molar-refractivity contribution in [1.29, 1.82) is 5.26 Å². The number of ether oxygens (including phenoxy) is 2. The first-order valence-corrected chi connectivity index (χ1v) is 21.9. The van der Waals surface area contributed by atoms with E-state index in [-0.39, 0.29) is 19.7 Å². The molecule has 1 amide bonds. The highest BCUT2D eigenvalue weighted by Crippen LogP contribution is 2.14. The predicted molar refractivity (Wildman–Crippen MR) is 221 cm³/mol. The number of rotatable bonds is 37. The molecule has 0 aliphatic carbocycles. The Morgan fingerprint density at radius 1 is 0.625 bits per heavy atom. The Bertz CT molecular complexity index is 1440. The topological polar surface area (TPSA) is 167 Å². The number of carbonyl (C=O) groups is 1. The van der Waals surface area contributed by atoms with Gasteiger partial charge < -0.3 is 19.3 Å². The van der Waals surface area contributed by atoms with Gasteiger partial charge in [0.25, 0.3) is 6.26 Å². The van der Waals surface area contributed by atoms with Gasteiger partial charge in [-0.25, -0.2) is 42.7 Å². The minimum absolute atomic E-state index is 0.109. The lowest BCUT2D eigenvalue weighted by Crippen LogP contribution is -2.56. The van der Waals surface area contributed by atoms with Crippen LogP contribution in [-0.4, -0.2) is 77.3 Å². The summed E-state index contributed by atoms with van der Waals surface area (Å²) in [6.45, 7) is 4.89. The summed E-state index contributed by atoms with van der Waals surface area (Å²) in [4.78, 5) is 66.2. The Kier molecular flexibility index (Phi) is 30.1. The number of carbonyl (C=O) groups excluding carboxylic acids is 2. The summed E-state index contributed by atoms with van der Waals surface area (Å²) in [5, 5.41) is 11.0. The van der Waals surface area contributed by atoms with E-state index in [1.54, 1.807) is 6.26 Å². The maximum absolute atomic E-state index is 13.3. The second kappa shape index (κ2) is 33.4. The molecule has 14 nitrogen and oxygen atoms in total. The summed E-state index contributed by atoms with van der Waals surface area (Å²) in [5.74, 6) is 0. The lowest BCUT2D eigenvalue weighted by molar-refractivity contribution is -0.890. The van der Waals surface area contributed by atoms with Gasteiger partial charge in [-0.15, -0.1) is 0 Å². The first-order valence-electron chi connectivity index (χ1n) is 21.9. The second-order valence-corrected chi connectivity index (χ2v) is 15.8. The standard InChI is InChI=1S/C42H75N7O7/c1-4-5-6-7-8-9-10-11-12-13-14-15-16-17-21-26-32-49(2,3)33-28-35-56-39(51)45-37-48-41(53)46(30-24-19-18-23-29-44-38-50)40(52)47(42(48)54)31-25-20-22-27-34-55-36-43/h4-35,37H2,1-3H3/p+1. The van der Waals surface area contributed by atoms with Crippen molar-refractivity contribution in [3.63, 3.8) is 0 Å². The SMILES string of the molecule is CCCCCCCCCCCCCCCCCC[N+](C)(C)CCCOC(=O)NCn1c(=O)n(CCCCCCN=C=O)c(=O)n(CCCCCCOC#N)c1=O. The zero-order valence-corrected chi connectivity index (χ0v) is 35.4. The van der Waals surface area contributed by atoms with Gasteiger partial charge in [-0.05, 0) is 44.9 Å². The molecule has 0 aromatic carbocycles. The van der Waals surface area contributed by atoms with E-state index < -0.39 is 29.8 Å². The number of amides is 1. The fourth-order valence-electron chi connectivity index (χ4n) is 6.96. The molecular weight excluding hydrogens is 715 g/mol. The van der Waals surface area contributed by atoms with Gasteiger partial charge in [0, 0.05) is 19.5 Å². The molecule has 1 aromatic rings. The fourth-order valence-corrected chi connectivity index (χ4v) is 6.96. The van der Waals surface area contributed by atoms with E-state index in [0.29, 0.717) is 58.1 Å². The monoisotopic (exact) mass is 791 g/mol. The second-order valence-electron chi connectivity index (χ2n) is 15.8. The van der Waals surface area contributed by atoms with Crippen LogP contribution in [0.2, 0.25) is 0 Å². The maximum atomic E-state index is 13.3. The van der Waals surface area contributed by atoms with Crippen molar-refractivity contribution < 1.29 is 23.5 Å². The molecule has 1 aromatic heterocycles. The highest BCUT2D eigenvalue weighted by molar-refractivity contribution is 5.66. The number of quaternary nitrogens is 1. The summed E-state index contributed by atoms with van der Waals surface area (Å²) in [6.07, 6.45) is 30.0. The average molecular weight is 791 g/mol. The normalized spacial score (nSPS) is 11.2. The van der Waals surface area contributed by atoms with Crippen LogP contribution in [0.3, 0.4) is 0 Å². The molecule has 56 heavy (non-hydrogen) atoms. The Morgan fingerprint density at radius 2 is 1.07 bits per heavy atom. The number of nitrogens with one attached hydrogen (secondary N) is 1. The highest BCUT2D eigenvalue weighted by atomic mass is 16.5. The van der Waals surface area contributed by atoms with E-state index in [9.17, 15) is 24.0 Å². The fraction of sp³-hybridized carbons (Fsp3) is 0.857. The number of aliphatic imine (C=N–C) groups is 1. The van der Waals surface area contributed by atoms with Gasteiger partial charge >= 0.3 is 23.2 Å². The Morgan fingerprint density at radius 3 is 1.59 bits per heavy atom. The number of hydrogen-bond donors (Lipinski definition) is 1. The van der Waals surface area contributed by atoms with Crippen LogP contribution in [0, 0.1) is 11.5 Å². The number of nitrogens with zero attached hydrogens (tertiary/aromatic N) is 6. The molecule has 0 radical (unpaired) electrons. The minimum atomic E-state index is -0.788. The minimum Gasteiger partial charge on any atom is -0.449 e. The molecule has 0 aliphatic rings. The van der Waals surface area contributed by atoms with Crippen LogP contribution >= 0.6 is 0 Å². The molecule has 1 heterocycles. The first kappa shape index (κ1) is 50.3. The van der Waals surface area contributed by atoms with Crippen molar-refractivity contribution in [1.82, 2.24) is 19.0 Å². The van der Waals surface area contributed by atoms with Gasteiger partial charge in [0.05, 0.1) is 40.3 Å². The Hall–Kier alpha value is -3.69. The number of aromatic nitrogens is 3. The molecule has 0 aliphatic heterocycles. The van der Waals surface area contributed by atoms with Gasteiger partial charge in [0.2, 0.25) is 6.08 Å². The lowest BCUT2D eigenvalue weighted by Gasteiger charge is -2.29. The van der Waals surface area contributed by atoms with Crippen LogP contribution in [0.1, 0.15) is 167 Å². The third-order valence-corrected chi connectivity index (χ3v) is 10.4. The van der Waals surface area contributed by atoms with E-state index in [2.05, 4.69) is 36.1 Å². The van der Waals surface area contributed by atoms with E-state index in [0.717, 1.165) is 44.1 Å². The summed E-state index contributed by atoms with van der Waals surface area (Å²) in [6, 6.07) is 0. The number of alkyl carbamates (subject to hydrolysis) is 1. The Labute approximate surface area is 336 Å². The number of unbranched alkanes of at least 4 members (excludes halogenated alkanes) is 21. The van der Waals surface area contributed by atoms with E-state index in [4.69, 9.17) is 10.00 Å². The smallest absolute Gasteiger partial charge is 0.408 e. The summed E-state index contributed by atoms with van der Waals surface area (Å²) >= 11 is 0. The van der Waals surface area contributed by atoms with Gasteiger partial charge in [-0.1, -0.05) is 116 Å². The van der Waals surface area contributed by atoms with Crippen molar-refractivity contribution in [2.45, 2.75) is 187 Å².